The Bertz CT molecular complexity index is 527. The summed E-state index contributed by atoms with van der Waals surface area (Å²) in [5.74, 6) is 1.10. The van der Waals surface area contributed by atoms with E-state index in [1.54, 1.807) is 7.11 Å². The Morgan fingerprint density at radius 1 is 1.05 bits per heavy atom. The van der Waals surface area contributed by atoms with E-state index in [9.17, 15) is 5.11 Å². The highest BCUT2D eigenvalue weighted by atomic mass is 35.5. The topological polar surface area (TPSA) is 29.5 Å². The van der Waals surface area contributed by atoms with Crippen LogP contribution in [-0.2, 0) is 5.60 Å². The number of hydrogen-bond donors (Lipinski definition) is 1. The minimum atomic E-state index is -1.09. The van der Waals surface area contributed by atoms with Crippen LogP contribution in [0.1, 0.15) is 17.5 Å². The molecule has 0 amide bonds. The van der Waals surface area contributed by atoms with Crippen molar-refractivity contribution in [3.8, 4) is 5.75 Å². The van der Waals surface area contributed by atoms with Gasteiger partial charge in [-0.25, -0.2) is 0 Å². The largest absolute Gasteiger partial charge is 0.497 e. The average Bonchev–Trinajstić information content (AvgIpc) is 2.48. The number of ether oxygens (including phenoxy) is 1. The Labute approximate surface area is 118 Å². The van der Waals surface area contributed by atoms with Crippen molar-refractivity contribution < 1.29 is 9.84 Å². The predicted molar refractivity (Wildman–Crippen MR) is 77.8 cm³/mol. The Morgan fingerprint density at radius 2 is 1.74 bits per heavy atom. The highest BCUT2D eigenvalue weighted by molar-refractivity contribution is 6.17. The number of methoxy groups -OCH3 is 1. The Balaban J connectivity index is 2.49. The van der Waals surface area contributed by atoms with Crippen molar-refractivity contribution in [3.63, 3.8) is 0 Å². The first-order chi connectivity index (χ1) is 9.20. The van der Waals surface area contributed by atoms with Gasteiger partial charge in [0.25, 0.3) is 0 Å². The first-order valence-corrected chi connectivity index (χ1v) is 6.72. The van der Waals surface area contributed by atoms with Crippen LogP contribution in [0.4, 0.5) is 0 Å². The lowest BCUT2D eigenvalue weighted by atomic mass is 9.84. The average molecular weight is 277 g/mol. The summed E-state index contributed by atoms with van der Waals surface area (Å²) in [7, 11) is 1.61. The van der Waals surface area contributed by atoms with Gasteiger partial charge in [-0.1, -0.05) is 42.5 Å². The molecule has 0 aliphatic heterocycles. The maximum absolute atomic E-state index is 11.0. The lowest BCUT2D eigenvalue weighted by Gasteiger charge is -2.29. The first kappa shape index (κ1) is 13.9. The molecule has 0 saturated carbocycles. The molecule has 0 bridgehead atoms. The minimum Gasteiger partial charge on any atom is -0.497 e. The Morgan fingerprint density at radius 3 is 2.37 bits per heavy atom. The smallest absolute Gasteiger partial charge is 0.119 e. The second kappa shape index (κ2) is 6.09. The van der Waals surface area contributed by atoms with Crippen molar-refractivity contribution in [1.29, 1.82) is 0 Å². The zero-order valence-corrected chi connectivity index (χ0v) is 11.6. The van der Waals surface area contributed by atoms with Crippen LogP contribution in [0.25, 0.3) is 0 Å². The highest BCUT2D eigenvalue weighted by Crippen LogP contribution is 2.34. The van der Waals surface area contributed by atoms with Crippen molar-refractivity contribution in [1.82, 2.24) is 0 Å². The van der Waals surface area contributed by atoms with Gasteiger partial charge < -0.3 is 9.84 Å². The zero-order chi connectivity index (χ0) is 13.7. The minimum absolute atomic E-state index is 0.378. The molecule has 0 saturated heterocycles. The van der Waals surface area contributed by atoms with Crippen LogP contribution < -0.4 is 4.74 Å². The van der Waals surface area contributed by atoms with E-state index in [-0.39, 0.29) is 0 Å². The fraction of sp³-hybridized carbons (Fsp3) is 0.250. The maximum atomic E-state index is 11.0. The second-order valence-electron chi connectivity index (χ2n) is 4.40. The standard InChI is InChI=1S/C16H17ClO2/c1-19-15-9-5-8-14(12-15)16(18,10-11-17)13-6-3-2-4-7-13/h2-9,12,18H,10-11H2,1H3. The third kappa shape index (κ3) is 2.91. The van der Waals surface area contributed by atoms with Gasteiger partial charge in [-0.05, 0) is 29.7 Å². The SMILES string of the molecule is COc1cccc(C(O)(CCCl)c2ccccc2)c1. The highest BCUT2D eigenvalue weighted by Gasteiger charge is 2.31. The number of benzene rings is 2. The summed E-state index contributed by atoms with van der Waals surface area (Å²) in [4.78, 5) is 0. The summed E-state index contributed by atoms with van der Waals surface area (Å²) in [6.07, 6.45) is 0.450. The molecule has 0 aliphatic rings. The van der Waals surface area contributed by atoms with E-state index in [1.807, 2.05) is 54.6 Å². The summed E-state index contributed by atoms with van der Waals surface area (Å²) < 4.78 is 5.22. The first-order valence-electron chi connectivity index (χ1n) is 6.19. The fourth-order valence-electron chi connectivity index (χ4n) is 2.19. The van der Waals surface area contributed by atoms with Crippen LogP contribution >= 0.6 is 11.6 Å². The molecule has 0 aliphatic carbocycles. The summed E-state index contributed by atoms with van der Waals surface area (Å²) in [5, 5.41) is 11.0. The molecular weight excluding hydrogens is 260 g/mol. The van der Waals surface area contributed by atoms with Crippen molar-refractivity contribution >= 4 is 11.6 Å². The number of hydrogen-bond acceptors (Lipinski definition) is 2. The summed E-state index contributed by atoms with van der Waals surface area (Å²) >= 11 is 5.87. The lowest BCUT2D eigenvalue weighted by Crippen LogP contribution is -2.27. The molecule has 2 rings (SSSR count). The third-order valence-electron chi connectivity index (χ3n) is 3.25. The summed E-state index contributed by atoms with van der Waals surface area (Å²) in [5.41, 5.74) is 0.542. The van der Waals surface area contributed by atoms with Crippen molar-refractivity contribution in [2.24, 2.45) is 0 Å². The van der Waals surface area contributed by atoms with Crippen LogP contribution in [0, 0.1) is 0 Å². The molecule has 3 heteroatoms. The van der Waals surface area contributed by atoms with Gasteiger partial charge >= 0.3 is 0 Å². The van der Waals surface area contributed by atoms with E-state index in [0.717, 1.165) is 16.9 Å². The van der Waals surface area contributed by atoms with Gasteiger partial charge in [0.15, 0.2) is 0 Å². The summed E-state index contributed by atoms with van der Waals surface area (Å²) in [6, 6.07) is 17.0. The van der Waals surface area contributed by atoms with E-state index >= 15 is 0 Å². The van der Waals surface area contributed by atoms with Crippen LogP contribution in [0.5, 0.6) is 5.75 Å². The van der Waals surface area contributed by atoms with Gasteiger partial charge in [0, 0.05) is 5.88 Å². The normalized spacial score (nSPS) is 13.8. The Kier molecular flexibility index (Phi) is 4.46. The van der Waals surface area contributed by atoms with Gasteiger partial charge in [0.2, 0.25) is 0 Å². The van der Waals surface area contributed by atoms with E-state index in [0.29, 0.717) is 12.3 Å². The molecule has 2 nitrogen and oxygen atoms in total. The summed E-state index contributed by atoms with van der Waals surface area (Å²) in [6.45, 7) is 0. The molecule has 1 N–H and O–H groups in total. The van der Waals surface area contributed by atoms with E-state index in [2.05, 4.69) is 0 Å². The van der Waals surface area contributed by atoms with Gasteiger partial charge in [0.1, 0.15) is 11.4 Å². The second-order valence-corrected chi connectivity index (χ2v) is 4.78. The number of halogens is 1. The van der Waals surface area contributed by atoms with Crippen molar-refractivity contribution in [3.05, 3.63) is 65.7 Å². The van der Waals surface area contributed by atoms with Crippen molar-refractivity contribution in [2.75, 3.05) is 13.0 Å². The maximum Gasteiger partial charge on any atom is 0.119 e. The van der Waals surface area contributed by atoms with Gasteiger partial charge in [0.05, 0.1) is 7.11 Å². The number of rotatable bonds is 5. The monoisotopic (exact) mass is 276 g/mol. The molecular formula is C16H17ClO2. The molecule has 0 heterocycles. The van der Waals surface area contributed by atoms with Crippen LogP contribution in [0.2, 0.25) is 0 Å². The molecule has 2 aromatic rings. The molecule has 1 atom stereocenters. The zero-order valence-electron chi connectivity index (χ0n) is 10.8. The Hall–Kier alpha value is -1.51. The molecule has 0 fully saturated rings. The van der Waals surface area contributed by atoms with Gasteiger partial charge in [-0.15, -0.1) is 11.6 Å². The quantitative estimate of drug-likeness (QED) is 0.846. The molecule has 1 unspecified atom stereocenters. The molecule has 0 radical (unpaired) electrons. The van der Waals surface area contributed by atoms with Gasteiger partial charge in [-0.3, -0.25) is 0 Å². The molecule has 100 valence electrons. The van der Waals surface area contributed by atoms with Crippen molar-refractivity contribution in [2.45, 2.75) is 12.0 Å². The van der Waals surface area contributed by atoms with Crippen LogP contribution in [-0.4, -0.2) is 18.1 Å². The number of aliphatic hydroxyl groups is 1. The van der Waals surface area contributed by atoms with Crippen LogP contribution in [0.3, 0.4) is 0 Å². The molecule has 2 aromatic carbocycles. The lowest BCUT2D eigenvalue weighted by molar-refractivity contribution is 0.0772. The van der Waals surface area contributed by atoms with Gasteiger partial charge in [-0.2, -0.15) is 0 Å². The van der Waals surface area contributed by atoms with Crippen LogP contribution in [0.15, 0.2) is 54.6 Å². The van der Waals surface area contributed by atoms with E-state index in [4.69, 9.17) is 16.3 Å². The predicted octanol–water partition coefficient (Wildman–Crippen LogP) is 3.56. The number of alkyl halides is 1. The third-order valence-corrected chi connectivity index (χ3v) is 3.44. The molecule has 0 aromatic heterocycles. The molecule has 19 heavy (non-hydrogen) atoms. The van der Waals surface area contributed by atoms with E-state index < -0.39 is 5.60 Å². The molecule has 0 spiro atoms. The fourth-order valence-corrected chi connectivity index (χ4v) is 2.46. The van der Waals surface area contributed by atoms with E-state index in [1.165, 1.54) is 0 Å².